The first-order valence-electron chi connectivity index (χ1n) is 15.9. The first kappa shape index (κ1) is 35.4. The van der Waals surface area contributed by atoms with Gasteiger partial charge in [0.15, 0.2) is 0 Å². The molecule has 47 heavy (non-hydrogen) atoms. The van der Waals surface area contributed by atoms with Crippen molar-refractivity contribution in [3.63, 3.8) is 0 Å². The van der Waals surface area contributed by atoms with Crippen LogP contribution in [0.1, 0.15) is 55.9 Å². The number of nitrogens with zero attached hydrogens (tertiary/aromatic N) is 2. The Bertz CT molecular complexity index is 1720. The van der Waals surface area contributed by atoms with Crippen LogP contribution in [0.2, 0.25) is 0 Å². The van der Waals surface area contributed by atoms with Gasteiger partial charge in [0.1, 0.15) is 18.4 Å². The molecule has 0 bridgehead atoms. The third kappa shape index (κ3) is 9.51. The smallest absolute Gasteiger partial charge is 0.264 e. The summed E-state index contributed by atoms with van der Waals surface area (Å²) in [6.07, 6.45) is 0.200. The summed E-state index contributed by atoms with van der Waals surface area (Å²) < 4.78 is 43.4. The molecule has 1 atom stereocenters. The zero-order valence-electron chi connectivity index (χ0n) is 27.7. The molecular weight excluding hydrogens is 614 g/mol. The van der Waals surface area contributed by atoms with Crippen molar-refractivity contribution in [2.45, 2.75) is 64.4 Å². The van der Waals surface area contributed by atoms with Crippen LogP contribution in [-0.4, -0.2) is 44.3 Å². The summed E-state index contributed by atoms with van der Waals surface area (Å²) in [6, 6.07) is 27.7. The summed E-state index contributed by atoms with van der Waals surface area (Å²) in [6.45, 7) is 9.73. The van der Waals surface area contributed by atoms with Crippen molar-refractivity contribution in [1.29, 1.82) is 0 Å². The van der Waals surface area contributed by atoms with E-state index in [0.717, 1.165) is 21.0 Å². The predicted octanol–water partition coefficient (Wildman–Crippen LogP) is 6.87. The topological polar surface area (TPSA) is 86.8 Å². The molecule has 4 aromatic carbocycles. The highest BCUT2D eigenvalue weighted by Gasteiger charge is 2.34. The van der Waals surface area contributed by atoms with Gasteiger partial charge in [-0.1, -0.05) is 100.0 Å². The van der Waals surface area contributed by atoms with Gasteiger partial charge >= 0.3 is 0 Å². The standard InChI is InChI=1S/C38H44FN3O4S/c1-27(2)24-40-38(44)36(23-30-9-7-6-8-10-30)41(25-31-13-17-33(39)18-14-31)37(43)26-42(34-19-15-32(16-20-34)28(3)4)47(45,46)35-21-11-29(5)12-22-35/h6-22,27-28,36H,23-26H2,1-5H3,(H,40,44). The molecule has 1 unspecified atom stereocenters. The Morgan fingerprint density at radius 3 is 1.98 bits per heavy atom. The second-order valence-electron chi connectivity index (χ2n) is 12.6. The summed E-state index contributed by atoms with van der Waals surface area (Å²) in [5.74, 6) is -0.961. The van der Waals surface area contributed by atoms with Crippen molar-refractivity contribution >= 4 is 27.5 Å². The molecule has 2 amide bonds. The minimum absolute atomic E-state index is 0.0313. The van der Waals surface area contributed by atoms with Crippen molar-refractivity contribution in [2.75, 3.05) is 17.4 Å². The molecule has 7 nitrogen and oxygen atoms in total. The Labute approximate surface area is 278 Å². The zero-order valence-corrected chi connectivity index (χ0v) is 28.5. The van der Waals surface area contributed by atoms with Gasteiger partial charge in [-0.15, -0.1) is 0 Å². The van der Waals surface area contributed by atoms with Gasteiger partial charge in [-0.3, -0.25) is 13.9 Å². The molecule has 4 rings (SSSR count). The molecule has 1 N–H and O–H groups in total. The number of anilines is 1. The third-order valence-electron chi connectivity index (χ3n) is 7.96. The minimum Gasteiger partial charge on any atom is -0.354 e. The molecule has 0 heterocycles. The van der Waals surface area contributed by atoms with Crippen LogP contribution >= 0.6 is 0 Å². The number of hydrogen-bond acceptors (Lipinski definition) is 4. The number of nitrogens with one attached hydrogen (secondary N) is 1. The van der Waals surface area contributed by atoms with Gasteiger partial charge in [-0.25, -0.2) is 12.8 Å². The molecule has 9 heteroatoms. The number of hydrogen-bond donors (Lipinski definition) is 1. The molecule has 0 aliphatic rings. The van der Waals surface area contributed by atoms with Crippen LogP contribution in [0, 0.1) is 18.7 Å². The first-order chi connectivity index (χ1) is 22.3. The molecule has 0 aliphatic heterocycles. The fraction of sp³-hybridized carbons (Fsp3) is 0.316. The van der Waals surface area contributed by atoms with Crippen LogP contribution in [0.4, 0.5) is 10.1 Å². The van der Waals surface area contributed by atoms with Crippen molar-refractivity contribution in [3.05, 3.63) is 131 Å². The molecule has 0 aromatic heterocycles. The number of benzene rings is 4. The average molecular weight is 658 g/mol. The maximum atomic E-state index is 14.5. The van der Waals surface area contributed by atoms with Crippen molar-refractivity contribution in [2.24, 2.45) is 5.92 Å². The van der Waals surface area contributed by atoms with E-state index in [-0.39, 0.29) is 35.6 Å². The van der Waals surface area contributed by atoms with E-state index in [1.807, 2.05) is 77.1 Å². The van der Waals surface area contributed by atoms with Gasteiger partial charge in [-0.2, -0.15) is 0 Å². The van der Waals surface area contributed by atoms with E-state index in [0.29, 0.717) is 17.8 Å². The average Bonchev–Trinajstić information content (AvgIpc) is 3.05. The fourth-order valence-corrected chi connectivity index (χ4v) is 6.57. The van der Waals surface area contributed by atoms with E-state index in [9.17, 15) is 22.4 Å². The fourth-order valence-electron chi connectivity index (χ4n) is 5.15. The molecule has 0 radical (unpaired) electrons. The van der Waals surface area contributed by atoms with E-state index >= 15 is 0 Å². The number of aryl methyl sites for hydroxylation is 1. The number of carbonyl (C=O) groups excluding carboxylic acids is 2. The Balaban J connectivity index is 1.80. The Hall–Kier alpha value is -4.50. The van der Waals surface area contributed by atoms with E-state index in [2.05, 4.69) is 5.32 Å². The number of amides is 2. The monoisotopic (exact) mass is 657 g/mol. The number of carbonyl (C=O) groups is 2. The van der Waals surface area contributed by atoms with Crippen LogP contribution in [-0.2, 0) is 32.6 Å². The summed E-state index contributed by atoms with van der Waals surface area (Å²) in [5, 5.41) is 2.97. The third-order valence-corrected chi connectivity index (χ3v) is 9.75. The lowest BCUT2D eigenvalue weighted by atomic mass is 10.0. The highest BCUT2D eigenvalue weighted by Crippen LogP contribution is 2.27. The second kappa shape index (κ2) is 15.9. The van der Waals surface area contributed by atoms with Crippen molar-refractivity contribution in [1.82, 2.24) is 10.2 Å². The number of rotatable bonds is 14. The van der Waals surface area contributed by atoms with Gasteiger partial charge in [0.25, 0.3) is 10.0 Å². The van der Waals surface area contributed by atoms with E-state index in [1.165, 1.54) is 29.2 Å². The van der Waals surface area contributed by atoms with Crippen molar-refractivity contribution in [3.8, 4) is 0 Å². The van der Waals surface area contributed by atoms with Crippen LogP contribution in [0.25, 0.3) is 0 Å². The molecule has 0 fully saturated rings. The van der Waals surface area contributed by atoms with Crippen LogP contribution < -0.4 is 9.62 Å². The predicted molar refractivity (Wildman–Crippen MR) is 185 cm³/mol. The quantitative estimate of drug-likeness (QED) is 0.161. The maximum Gasteiger partial charge on any atom is 0.264 e. The summed E-state index contributed by atoms with van der Waals surface area (Å²) in [7, 11) is -4.20. The van der Waals surface area contributed by atoms with Crippen LogP contribution in [0.15, 0.2) is 108 Å². The second-order valence-corrected chi connectivity index (χ2v) is 14.4. The highest BCUT2D eigenvalue weighted by atomic mass is 32.2. The van der Waals surface area contributed by atoms with E-state index in [1.54, 1.807) is 36.4 Å². The lowest BCUT2D eigenvalue weighted by molar-refractivity contribution is -0.140. The molecule has 0 aliphatic carbocycles. The van der Waals surface area contributed by atoms with E-state index < -0.39 is 34.3 Å². The van der Waals surface area contributed by atoms with Gasteiger partial charge < -0.3 is 10.2 Å². The Kier molecular flexibility index (Phi) is 11.9. The Morgan fingerprint density at radius 1 is 0.787 bits per heavy atom. The Morgan fingerprint density at radius 2 is 1.40 bits per heavy atom. The van der Waals surface area contributed by atoms with Gasteiger partial charge in [-0.05, 0) is 71.8 Å². The number of halogens is 1. The normalized spacial score (nSPS) is 12.2. The zero-order chi connectivity index (χ0) is 34.1. The minimum atomic E-state index is -4.20. The van der Waals surface area contributed by atoms with E-state index in [4.69, 9.17) is 0 Å². The highest BCUT2D eigenvalue weighted by molar-refractivity contribution is 7.92. The van der Waals surface area contributed by atoms with Gasteiger partial charge in [0.2, 0.25) is 11.8 Å². The number of sulfonamides is 1. The summed E-state index contributed by atoms with van der Waals surface area (Å²) in [4.78, 5) is 29.9. The lowest BCUT2D eigenvalue weighted by Gasteiger charge is -2.34. The first-order valence-corrected chi connectivity index (χ1v) is 17.3. The van der Waals surface area contributed by atoms with Gasteiger partial charge in [0.05, 0.1) is 10.6 Å². The molecule has 0 saturated carbocycles. The maximum absolute atomic E-state index is 14.5. The molecule has 4 aromatic rings. The van der Waals surface area contributed by atoms with Crippen LogP contribution in [0.5, 0.6) is 0 Å². The molecule has 0 saturated heterocycles. The SMILES string of the molecule is Cc1ccc(S(=O)(=O)N(CC(=O)N(Cc2ccc(F)cc2)C(Cc2ccccc2)C(=O)NCC(C)C)c2ccc(C(C)C)cc2)cc1. The summed E-state index contributed by atoms with van der Waals surface area (Å²) >= 11 is 0. The largest absolute Gasteiger partial charge is 0.354 e. The lowest BCUT2D eigenvalue weighted by Crippen LogP contribution is -2.53. The molecular formula is C38H44FN3O4S. The van der Waals surface area contributed by atoms with Gasteiger partial charge in [0, 0.05) is 19.5 Å². The molecule has 248 valence electrons. The molecule has 0 spiro atoms. The van der Waals surface area contributed by atoms with Crippen molar-refractivity contribution < 1.29 is 22.4 Å². The summed E-state index contributed by atoms with van der Waals surface area (Å²) in [5.41, 5.74) is 3.69. The van der Waals surface area contributed by atoms with Crippen LogP contribution in [0.3, 0.4) is 0 Å².